The Morgan fingerprint density at radius 1 is 1.00 bits per heavy atom. The molecule has 0 aliphatic rings. The van der Waals surface area contributed by atoms with Gasteiger partial charge in [0.1, 0.15) is 0 Å². The molecule has 7 nitrogen and oxygen atoms in total. The number of benzene rings is 3. The van der Waals surface area contributed by atoms with E-state index in [-0.39, 0.29) is 0 Å². The molecule has 1 N–H and O–H groups in total. The Hall–Kier alpha value is -3.65. The number of fused-ring (bicyclic) bond motifs is 1. The van der Waals surface area contributed by atoms with Crippen molar-refractivity contribution in [3.05, 3.63) is 76.3 Å². The minimum Gasteiger partial charge on any atom is -0.493 e. The molecule has 0 spiro atoms. The van der Waals surface area contributed by atoms with Crippen molar-refractivity contribution in [2.24, 2.45) is 5.10 Å². The number of nitrogens with one attached hydrogen (secondary N) is 1. The van der Waals surface area contributed by atoms with Gasteiger partial charge in [-0.05, 0) is 40.7 Å². The summed E-state index contributed by atoms with van der Waals surface area (Å²) in [4.78, 5) is 0. The van der Waals surface area contributed by atoms with Crippen LogP contribution in [0.15, 0.2) is 59.7 Å². The fraction of sp³-hybridized carbons (Fsp3) is 0.174. The van der Waals surface area contributed by atoms with Gasteiger partial charge in [0.25, 0.3) is 0 Å². The maximum absolute atomic E-state index is 5.41. The van der Waals surface area contributed by atoms with E-state index >= 15 is 0 Å². The van der Waals surface area contributed by atoms with E-state index in [9.17, 15) is 0 Å². The lowest BCUT2D eigenvalue weighted by Gasteiger charge is -2.12. The summed E-state index contributed by atoms with van der Waals surface area (Å²) in [6.07, 6.45) is 2.27. The van der Waals surface area contributed by atoms with Gasteiger partial charge in [0, 0.05) is 12.0 Å². The molecule has 3 aromatic carbocycles. The number of H-pyrrole nitrogens is 1. The topological polar surface area (TPSA) is 73.7 Å². The maximum Gasteiger partial charge on any atom is 0.216 e. The van der Waals surface area contributed by atoms with Gasteiger partial charge in [0.05, 0.1) is 27.5 Å². The fourth-order valence-corrected chi connectivity index (χ4v) is 3.67. The summed E-state index contributed by atoms with van der Waals surface area (Å²) in [5.74, 6) is 2.34. The van der Waals surface area contributed by atoms with Crippen LogP contribution in [0, 0.1) is 4.77 Å². The summed E-state index contributed by atoms with van der Waals surface area (Å²) in [5, 5.41) is 14.1. The Balaban J connectivity index is 1.69. The van der Waals surface area contributed by atoms with Gasteiger partial charge < -0.3 is 14.2 Å². The third kappa shape index (κ3) is 4.15. The molecule has 0 aliphatic carbocycles. The second kappa shape index (κ2) is 9.01. The number of hydrogen-bond donors (Lipinski definition) is 1. The van der Waals surface area contributed by atoms with Crippen LogP contribution in [0.25, 0.3) is 10.8 Å². The maximum atomic E-state index is 5.41. The molecule has 0 bridgehead atoms. The number of hydrogen-bond acceptors (Lipinski definition) is 6. The highest BCUT2D eigenvalue weighted by molar-refractivity contribution is 7.71. The van der Waals surface area contributed by atoms with Crippen LogP contribution in [0.1, 0.15) is 17.0 Å². The molecule has 4 rings (SSSR count). The van der Waals surface area contributed by atoms with E-state index in [0.29, 0.717) is 34.3 Å². The average molecular weight is 435 g/mol. The SMILES string of the molecule is COc1cc(/C=N/n2c(Cc3cccc4ccccc34)n[nH]c2=S)cc(OC)c1OC. The molecule has 0 unspecified atom stereocenters. The first-order valence-corrected chi connectivity index (χ1v) is 10.0. The second-order valence-electron chi connectivity index (χ2n) is 6.78. The normalized spacial score (nSPS) is 11.2. The standard InChI is InChI=1S/C23H22N4O3S/c1-28-19-11-15(12-20(29-2)22(19)30-3)14-24-27-21(25-26-23(27)31)13-17-9-6-8-16-7-4-5-10-18(16)17/h4-12,14H,13H2,1-3H3,(H,26,31)/b24-14+. The Kier molecular flexibility index (Phi) is 5.99. The molecule has 1 heterocycles. The van der Waals surface area contributed by atoms with Gasteiger partial charge >= 0.3 is 0 Å². The summed E-state index contributed by atoms with van der Waals surface area (Å²) < 4.78 is 18.2. The molecule has 0 saturated heterocycles. The quantitative estimate of drug-likeness (QED) is 0.340. The molecule has 1 aromatic heterocycles. The molecule has 0 amide bonds. The van der Waals surface area contributed by atoms with E-state index in [4.69, 9.17) is 26.4 Å². The van der Waals surface area contributed by atoms with Crippen molar-refractivity contribution in [3.63, 3.8) is 0 Å². The first kappa shape index (κ1) is 20.6. The number of rotatable bonds is 7. The lowest BCUT2D eigenvalue weighted by molar-refractivity contribution is 0.324. The van der Waals surface area contributed by atoms with Crippen molar-refractivity contribution < 1.29 is 14.2 Å². The largest absolute Gasteiger partial charge is 0.493 e. The third-order valence-electron chi connectivity index (χ3n) is 4.96. The van der Waals surface area contributed by atoms with E-state index < -0.39 is 0 Å². The predicted octanol–water partition coefficient (Wildman–Crippen LogP) is 4.59. The van der Waals surface area contributed by atoms with Crippen molar-refractivity contribution in [1.82, 2.24) is 14.9 Å². The Morgan fingerprint density at radius 3 is 2.42 bits per heavy atom. The van der Waals surface area contributed by atoms with E-state index in [2.05, 4.69) is 39.6 Å². The second-order valence-corrected chi connectivity index (χ2v) is 7.16. The number of ether oxygens (including phenoxy) is 3. The number of aromatic amines is 1. The van der Waals surface area contributed by atoms with Gasteiger partial charge in [-0.2, -0.15) is 14.9 Å². The van der Waals surface area contributed by atoms with Crippen molar-refractivity contribution in [1.29, 1.82) is 0 Å². The minimum atomic E-state index is 0.416. The monoisotopic (exact) mass is 434 g/mol. The van der Waals surface area contributed by atoms with Crippen LogP contribution in [-0.2, 0) is 6.42 Å². The molecule has 4 aromatic rings. The Labute approximate surface area is 184 Å². The third-order valence-corrected chi connectivity index (χ3v) is 5.22. The zero-order chi connectivity index (χ0) is 21.8. The van der Waals surface area contributed by atoms with Gasteiger partial charge in [-0.1, -0.05) is 42.5 Å². The zero-order valence-electron chi connectivity index (χ0n) is 17.5. The van der Waals surface area contributed by atoms with Crippen molar-refractivity contribution >= 4 is 29.2 Å². The molecule has 0 aliphatic heterocycles. The molecule has 158 valence electrons. The van der Waals surface area contributed by atoms with Crippen LogP contribution in [-0.4, -0.2) is 42.4 Å². The molecular formula is C23H22N4O3S. The molecule has 0 radical (unpaired) electrons. The van der Waals surface area contributed by atoms with Crippen LogP contribution >= 0.6 is 12.2 Å². The van der Waals surface area contributed by atoms with E-state index in [0.717, 1.165) is 11.1 Å². The molecule has 31 heavy (non-hydrogen) atoms. The predicted molar refractivity (Wildman–Crippen MR) is 123 cm³/mol. The van der Waals surface area contributed by atoms with Crippen LogP contribution < -0.4 is 14.2 Å². The lowest BCUT2D eigenvalue weighted by atomic mass is 10.0. The summed E-state index contributed by atoms with van der Waals surface area (Å²) in [6, 6.07) is 18.1. The number of nitrogens with zero attached hydrogens (tertiary/aromatic N) is 3. The van der Waals surface area contributed by atoms with Crippen molar-refractivity contribution in [2.45, 2.75) is 6.42 Å². The zero-order valence-corrected chi connectivity index (χ0v) is 18.3. The van der Waals surface area contributed by atoms with E-state index in [1.807, 2.05) is 30.3 Å². The van der Waals surface area contributed by atoms with Crippen LogP contribution in [0.2, 0.25) is 0 Å². The van der Waals surface area contributed by atoms with Gasteiger partial charge in [0.2, 0.25) is 10.5 Å². The van der Waals surface area contributed by atoms with E-state index in [1.165, 1.54) is 10.8 Å². The smallest absolute Gasteiger partial charge is 0.216 e. The summed E-state index contributed by atoms with van der Waals surface area (Å²) >= 11 is 5.40. The van der Waals surface area contributed by atoms with Crippen LogP contribution in [0.3, 0.4) is 0 Å². The van der Waals surface area contributed by atoms with Crippen LogP contribution in [0.5, 0.6) is 17.2 Å². The molecule has 0 atom stereocenters. The highest BCUT2D eigenvalue weighted by Gasteiger charge is 2.13. The first-order chi connectivity index (χ1) is 15.1. The molecule has 0 saturated carbocycles. The highest BCUT2D eigenvalue weighted by Crippen LogP contribution is 2.37. The number of aromatic nitrogens is 3. The van der Waals surface area contributed by atoms with Crippen molar-refractivity contribution in [3.8, 4) is 17.2 Å². The Bertz CT molecular complexity index is 1280. The lowest BCUT2D eigenvalue weighted by Crippen LogP contribution is -2.01. The summed E-state index contributed by atoms with van der Waals surface area (Å²) in [7, 11) is 4.72. The summed E-state index contributed by atoms with van der Waals surface area (Å²) in [6.45, 7) is 0. The van der Waals surface area contributed by atoms with Gasteiger partial charge in [0.15, 0.2) is 17.3 Å². The number of methoxy groups -OCH3 is 3. The highest BCUT2D eigenvalue weighted by atomic mass is 32.1. The minimum absolute atomic E-state index is 0.416. The van der Waals surface area contributed by atoms with Crippen molar-refractivity contribution in [2.75, 3.05) is 21.3 Å². The van der Waals surface area contributed by atoms with Gasteiger partial charge in [-0.3, -0.25) is 5.10 Å². The molecule has 0 fully saturated rings. The van der Waals surface area contributed by atoms with Gasteiger partial charge in [-0.25, -0.2) is 0 Å². The summed E-state index contributed by atoms with van der Waals surface area (Å²) in [5.41, 5.74) is 1.92. The van der Waals surface area contributed by atoms with E-state index in [1.54, 1.807) is 32.2 Å². The molecule has 8 heteroatoms. The fourth-order valence-electron chi connectivity index (χ4n) is 3.48. The average Bonchev–Trinajstić information content (AvgIpc) is 3.15. The Morgan fingerprint density at radius 2 is 1.71 bits per heavy atom. The molecular weight excluding hydrogens is 412 g/mol. The van der Waals surface area contributed by atoms with Gasteiger partial charge in [-0.15, -0.1) is 0 Å². The first-order valence-electron chi connectivity index (χ1n) is 9.62. The van der Waals surface area contributed by atoms with Crippen LogP contribution in [0.4, 0.5) is 0 Å².